The molecule has 3 atom stereocenters. The van der Waals surface area contributed by atoms with Crippen molar-refractivity contribution in [3.63, 3.8) is 0 Å². The molecule has 0 aromatic heterocycles. The third-order valence-electron chi connectivity index (χ3n) is 4.68. The van der Waals surface area contributed by atoms with Crippen LogP contribution < -0.4 is 10.6 Å². The van der Waals surface area contributed by atoms with Gasteiger partial charge in [-0.25, -0.2) is 17.5 Å². The van der Waals surface area contributed by atoms with Crippen molar-refractivity contribution in [3.8, 4) is 0 Å². The van der Waals surface area contributed by atoms with Gasteiger partial charge in [-0.1, -0.05) is 24.3 Å². The first kappa shape index (κ1) is 17.2. The summed E-state index contributed by atoms with van der Waals surface area (Å²) in [6, 6.07) is 6.62. The molecular weight excluding hydrogens is 330 g/mol. The number of sulfonamides is 1. The minimum Gasteiger partial charge on any atom is -0.390 e. The number of benzene rings is 1. The summed E-state index contributed by atoms with van der Waals surface area (Å²) in [6.45, 7) is 0.781. The van der Waals surface area contributed by atoms with Crippen molar-refractivity contribution in [1.82, 2.24) is 14.9 Å². The Morgan fingerprint density at radius 3 is 2.79 bits per heavy atom. The first-order valence-electron chi connectivity index (χ1n) is 8.12. The Kier molecular flexibility index (Phi) is 4.80. The first-order valence-corrected chi connectivity index (χ1v) is 9.97. The van der Waals surface area contributed by atoms with Crippen LogP contribution in [0.25, 0.3) is 0 Å². The molecule has 0 radical (unpaired) electrons. The molecule has 1 aromatic carbocycles. The lowest BCUT2D eigenvalue weighted by Gasteiger charge is -2.31. The number of aliphatic hydroxyl groups excluding tert-OH is 1. The number of carbonyl (C=O) groups is 1. The summed E-state index contributed by atoms with van der Waals surface area (Å²) < 4.78 is 24.7. The molecule has 0 spiro atoms. The predicted octanol–water partition coefficient (Wildman–Crippen LogP) is 0.368. The fourth-order valence-corrected chi connectivity index (χ4v) is 4.39. The maximum absolute atomic E-state index is 12.3. The summed E-state index contributed by atoms with van der Waals surface area (Å²) in [5.41, 5.74) is 1.97. The maximum Gasteiger partial charge on any atom is 0.315 e. The summed E-state index contributed by atoms with van der Waals surface area (Å²) in [6.07, 6.45) is 2.51. The zero-order valence-corrected chi connectivity index (χ0v) is 14.4. The van der Waals surface area contributed by atoms with Crippen LogP contribution >= 0.6 is 0 Å². The van der Waals surface area contributed by atoms with Crippen LogP contribution in [0.1, 0.15) is 30.0 Å². The van der Waals surface area contributed by atoms with E-state index in [0.717, 1.165) is 17.5 Å². The highest BCUT2D eigenvalue weighted by Gasteiger charge is 2.33. The van der Waals surface area contributed by atoms with Crippen molar-refractivity contribution in [2.24, 2.45) is 0 Å². The minimum absolute atomic E-state index is 0.220. The molecule has 0 bridgehead atoms. The summed E-state index contributed by atoms with van der Waals surface area (Å²) >= 11 is 0. The molecule has 132 valence electrons. The third kappa shape index (κ3) is 3.71. The molecule has 1 aliphatic heterocycles. The quantitative estimate of drug-likeness (QED) is 0.731. The van der Waals surface area contributed by atoms with Gasteiger partial charge in [0.15, 0.2) is 0 Å². The van der Waals surface area contributed by atoms with E-state index in [9.17, 15) is 18.3 Å². The van der Waals surface area contributed by atoms with Crippen LogP contribution in [0.3, 0.4) is 0 Å². The second kappa shape index (κ2) is 6.70. The monoisotopic (exact) mass is 353 g/mol. The van der Waals surface area contributed by atoms with Gasteiger partial charge in [-0.2, -0.15) is 0 Å². The van der Waals surface area contributed by atoms with Crippen LogP contribution in [0.15, 0.2) is 24.3 Å². The lowest BCUT2D eigenvalue weighted by Crippen LogP contribution is -2.52. The van der Waals surface area contributed by atoms with Crippen LogP contribution in [0, 0.1) is 0 Å². The lowest BCUT2D eigenvalue weighted by atomic mass is 10.1. The molecule has 1 fully saturated rings. The van der Waals surface area contributed by atoms with Gasteiger partial charge < -0.3 is 15.7 Å². The molecule has 2 amide bonds. The number of fused-ring (bicyclic) bond motifs is 1. The van der Waals surface area contributed by atoms with Crippen molar-refractivity contribution in [2.45, 2.75) is 37.5 Å². The highest BCUT2D eigenvalue weighted by Crippen LogP contribution is 2.31. The van der Waals surface area contributed by atoms with Crippen molar-refractivity contribution < 1.29 is 18.3 Å². The normalized spacial score (nSPS) is 27.5. The molecular formula is C16H23N3O4S. The summed E-state index contributed by atoms with van der Waals surface area (Å²) in [5, 5.41) is 15.8. The number of urea groups is 1. The molecule has 24 heavy (non-hydrogen) atoms. The number of hydrogen-bond donors (Lipinski definition) is 3. The Labute approximate surface area is 142 Å². The number of rotatable bonds is 3. The number of hydrogen-bond acceptors (Lipinski definition) is 4. The van der Waals surface area contributed by atoms with Crippen LogP contribution in [-0.2, 0) is 16.4 Å². The number of amides is 2. The van der Waals surface area contributed by atoms with Gasteiger partial charge in [-0.15, -0.1) is 0 Å². The van der Waals surface area contributed by atoms with E-state index in [-0.39, 0.29) is 18.6 Å². The highest BCUT2D eigenvalue weighted by molar-refractivity contribution is 7.88. The predicted molar refractivity (Wildman–Crippen MR) is 90.0 cm³/mol. The second-order valence-electron chi connectivity index (χ2n) is 6.53. The Morgan fingerprint density at radius 2 is 2.04 bits per heavy atom. The fraction of sp³-hybridized carbons (Fsp3) is 0.562. The van der Waals surface area contributed by atoms with Gasteiger partial charge in [0.05, 0.1) is 18.4 Å². The van der Waals surface area contributed by atoms with E-state index in [1.807, 2.05) is 24.3 Å². The van der Waals surface area contributed by atoms with E-state index < -0.39 is 22.2 Å². The van der Waals surface area contributed by atoms with Crippen LogP contribution in [-0.4, -0.2) is 55.4 Å². The van der Waals surface area contributed by atoms with E-state index in [1.54, 1.807) is 0 Å². The van der Waals surface area contributed by atoms with Gasteiger partial charge in [0.2, 0.25) is 10.0 Å². The number of nitrogens with one attached hydrogen (secondary N) is 2. The average Bonchev–Trinajstić information content (AvgIpc) is 2.83. The second-order valence-corrected chi connectivity index (χ2v) is 8.51. The van der Waals surface area contributed by atoms with E-state index in [2.05, 4.69) is 10.6 Å². The largest absolute Gasteiger partial charge is 0.390 e. The number of aliphatic hydroxyl groups is 1. The molecule has 8 heteroatoms. The number of piperidine rings is 1. The third-order valence-corrected chi connectivity index (χ3v) is 5.95. The molecule has 1 heterocycles. The Bertz CT molecular complexity index is 722. The molecule has 2 aliphatic rings. The zero-order chi connectivity index (χ0) is 17.3. The Balaban J connectivity index is 1.60. The maximum atomic E-state index is 12.3. The van der Waals surface area contributed by atoms with E-state index in [4.69, 9.17) is 0 Å². The average molecular weight is 353 g/mol. The zero-order valence-electron chi connectivity index (χ0n) is 13.6. The van der Waals surface area contributed by atoms with Crippen molar-refractivity contribution in [3.05, 3.63) is 35.4 Å². The summed E-state index contributed by atoms with van der Waals surface area (Å²) in [4.78, 5) is 12.3. The van der Waals surface area contributed by atoms with Gasteiger partial charge in [-0.05, 0) is 24.0 Å². The molecule has 1 saturated heterocycles. The van der Waals surface area contributed by atoms with E-state index in [1.165, 1.54) is 10.6 Å². The number of carbonyl (C=O) groups excluding carboxylic acids is 1. The van der Waals surface area contributed by atoms with Crippen LogP contribution in [0.5, 0.6) is 0 Å². The van der Waals surface area contributed by atoms with Gasteiger partial charge in [0.25, 0.3) is 0 Å². The fourth-order valence-electron chi connectivity index (χ4n) is 3.48. The Morgan fingerprint density at radius 1 is 1.29 bits per heavy atom. The van der Waals surface area contributed by atoms with Crippen molar-refractivity contribution in [2.75, 3.05) is 19.3 Å². The molecule has 0 unspecified atom stereocenters. The molecule has 1 aromatic rings. The van der Waals surface area contributed by atoms with E-state index >= 15 is 0 Å². The standard InChI is InChI=1S/C16H23N3O4S/c1-24(22,23)19-8-4-6-12(10-19)17-16(21)18-15-13-7-3-2-5-11(13)9-14(15)20/h2-3,5,7,12,14-15,20H,4,6,8-10H2,1H3,(H2,17,18,21)/t12-,14+,15+/m0/s1. The lowest BCUT2D eigenvalue weighted by molar-refractivity contribution is 0.141. The molecule has 3 N–H and O–H groups in total. The molecule has 3 rings (SSSR count). The molecule has 7 nitrogen and oxygen atoms in total. The van der Waals surface area contributed by atoms with Gasteiger partial charge in [0, 0.05) is 25.6 Å². The number of nitrogens with zero attached hydrogens (tertiary/aromatic N) is 1. The first-order chi connectivity index (χ1) is 11.3. The minimum atomic E-state index is -3.24. The van der Waals surface area contributed by atoms with E-state index in [0.29, 0.717) is 19.4 Å². The van der Waals surface area contributed by atoms with Gasteiger partial charge in [0.1, 0.15) is 0 Å². The summed E-state index contributed by atoms with van der Waals surface area (Å²) in [5.74, 6) is 0. The SMILES string of the molecule is CS(=O)(=O)N1CCC[C@H](NC(=O)N[C@@H]2c3ccccc3C[C@H]2O)C1. The smallest absolute Gasteiger partial charge is 0.315 e. The summed E-state index contributed by atoms with van der Waals surface area (Å²) in [7, 11) is -3.24. The van der Waals surface area contributed by atoms with Crippen molar-refractivity contribution >= 4 is 16.1 Å². The van der Waals surface area contributed by atoms with Gasteiger partial charge >= 0.3 is 6.03 Å². The van der Waals surface area contributed by atoms with Crippen LogP contribution in [0.4, 0.5) is 4.79 Å². The van der Waals surface area contributed by atoms with Gasteiger partial charge in [-0.3, -0.25) is 0 Å². The topological polar surface area (TPSA) is 98.7 Å². The molecule has 1 aliphatic carbocycles. The molecule has 0 saturated carbocycles. The highest BCUT2D eigenvalue weighted by atomic mass is 32.2. The Hall–Kier alpha value is -1.64. The van der Waals surface area contributed by atoms with Crippen molar-refractivity contribution in [1.29, 1.82) is 0 Å². The van der Waals surface area contributed by atoms with Crippen LogP contribution in [0.2, 0.25) is 0 Å².